The minimum Gasteiger partial charge on any atom is -0.369 e. The minimum atomic E-state index is -0.710. The smallest absolute Gasteiger partial charge is 0.254 e. The molecule has 2 saturated heterocycles. The first-order chi connectivity index (χ1) is 9.31. The number of likely N-dealkylation sites (tertiary alicyclic amines) is 2. The molecule has 2 heterocycles. The topological polar surface area (TPSA) is 32.8 Å². The molecule has 0 N–H and O–H groups in total. The summed E-state index contributed by atoms with van der Waals surface area (Å²) in [7, 11) is 3.88. The van der Waals surface area contributed by atoms with Crippen LogP contribution in [0.2, 0.25) is 0 Å². The maximum Gasteiger partial charge on any atom is 0.254 e. The predicted octanol–water partition coefficient (Wildman–Crippen LogP) is 1.89. The molecule has 3 fully saturated rings. The number of amides is 1. The lowest BCUT2D eigenvalue weighted by Crippen LogP contribution is -2.61. The molecule has 0 aromatic rings. The zero-order valence-corrected chi connectivity index (χ0v) is 13.5. The van der Waals surface area contributed by atoms with Gasteiger partial charge in [0, 0.05) is 37.2 Å². The van der Waals surface area contributed by atoms with Gasteiger partial charge in [-0.15, -0.1) is 0 Å². The van der Waals surface area contributed by atoms with Crippen LogP contribution in [0.1, 0.15) is 46.5 Å². The van der Waals surface area contributed by atoms with Crippen LogP contribution in [0.3, 0.4) is 0 Å². The van der Waals surface area contributed by atoms with E-state index in [1.807, 2.05) is 13.8 Å². The molecule has 1 amide bonds. The Kier molecular flexibility index (Phi) is 3.18. The zero-order chi connectivity index (χ0) is 14.7. The third-order valence-corrected chi connectivity index (χ3v) is 6.29. The normalized spacial score (nSPS) is 41.0. The van der Waals surface area contributed by atoms with Gasteiger partial charge in [-0.25, -0.2) is 0 Å². The number of carbonyl (C=O) groups excluding carboxylic acids is 1. The number of carbonyl (C=O) groups is 1. The first-order valence-corrected chi connectivity index (χ1v) is 7.89. The molecular weight excluding hydrogens is 252 g/mol. The maximum atomic E-state index is 12.9. The van der Waals surface area contributed by atoms with Crippen LogP contribution in [-0.4, -0.2) is 60.1 Å². The van der Waals surface area contributed by atoms with Crippen molar-refractivity contribution in [1.29, 1.82) is 0 Å². The SMILES string of the molecule is COC(C)(C)C(=O)N1C[C@@H]2C[C@@]3(C)[C@H](CCC[C@@H]13)N2C. The molecular formula is C16H28N2O2. The van der Waals surface area contributed by atoms with E-state index in [0.29, 0.717) is 18.1 Å². The zero-order valence-electron chi connectivity index (χ0n) is 13.5. The molecule has 20 heavy (non-hydrogen) atoms. The number of methoxy groups -OCH3 is 1. The van der Waals surface area contributed by atoms with Crippen molar-refractivity contribution in [3.63, 3.8) is 0 Å². The highest BCUT2D eigenvalue weighted by atomic mass is 16.5. The van der Waals surface area contributed by atoms with Crippen molar-refractivity contribution in [3.05, 3.63) is 0 Å². The van der Waals surface area contributed by atoms with Crippen molar-refractivity contribution in [2.75, 3.05) is 20.7 Å². The average molecular weight is 280 g/mol. The quantitative estimate of drug-likeness (QED) is 0.774. The fourth-order valence-electron chi connectivity index (χ4n) is 4.95. The van der Waals surface area contributed by atoms with E-state index in [0.717, 1.165) is 13.0 Å². The van der Waals surface area contributed by atoms with Crippen molar-refractivity contribution < 1.29 is 9.53 Å². The molecule has 0 radical (unpaired) electrons. The molecule has 2 bridgehead atoms. The van der Waals surface area contributed by atoms with E-state index < -0.39 is 5.60 Å². The Hall–Kier alpha value is -0.610. The maximum absolute atomic E-state index is 12.9. The summed E-state index contributed by atoms with van der Waals surface area (Å²) in [5.41, 5.74) is -0.436. The third kappa shape index (κ3) is 1.77. The lowest BCUT2D eigenvalue weighted by molar-refractivity contribution is -0.159. The minimum absolute atomic E-state index is 0.164. The summed E-state index contributed by atoms with van der Waals surface area (Å²) in [6.45, 7) is 7.05. The fourth-order valence-corrected chi connectivity index (χ4v) is 4.95. The van der Waals surface area contributed by atoms with Crippen LogP contribution in [-0.2, 0) is 9.53 Å². The molecule has 114 valence electrons. The number of hydrogen-bond acceptors (Lipinski definition) is 3. The van der Waals surface area contributed by atoms with E-state index in [1.54, 1.807) is 7.11 Å². The van der Waals surface area contributed by atoms with Gasteiger partial charge < -0.3 is 9.64 Å². The van der Waals surface area contributed by atoms with Crippen molar-refractivity contribution in [2.24, 2.45) is 5.41 Å². The van der Waals surface area contributed by atoms with E-state index in [-0.39, 0.29) is 11.3 Å². The van der Waals surface area contributed by atoms with Crippen molar-refractivity contribution in [1.82, 2.24) is 9.80 Å². The number of hydrogen-bond donors (Lipinski definition) is 0. The van der Waals surface area contributed by atoms with Crippen LogP contribution in [0.4, 0.5) is 0 Å². The van der Waals surface area contributed by atoms with E-state index in [2.05, 4.69) is 23.8 Å². The summed E-state index contributed by atoms with van der Waals surface area (Å²) in [6.07, 6.45) is 4.92. The van der Waals surface area contributed by atoms with Gasteiger partial charge in [0.25, 0.3) is 5.91 Å². The number of piperidine rings is 1. The van der Waals surface area contributed by atoms with Gasteiger partial charge in [0.2, 0.25) is 0 Å². The summed E-state index contributed by atoms with van der Waals surface area (Å²) in [5.74, 6) is 0.164. The van der Waals surface area contributed by atoms with Gasteiger partial charge in [0.1, 0.15) is 5.60 Å². The molecule has 1 aliphatic carbocycles. The van der Waals surface area contributed by atoms with E-state index in [9.17, 15) is 4.79 Å². The predicted molar refractivity (Wildman–Crippen MR) is 78.5 cm³/mol. The van der Waals surface area contributed by atoms with Crippen LogP contribution < -0.4 is 0 Å². The van der Waals surface area contributed by atoms with Gasteiger partial charge in [-0.05, 0) is 46.6 Å². The van der Waals surface area contributed by atoms with Crippen molar-refractivity contribution >= 4 is 5.91 Å². The van der Waals surface area contributed by atoms with Crippen LogP contribution in [0, 0.1) is 5.41 Å². The molecule has 4 nitrogen and oxygen atoms in total. The second-order valence-electron chi connectivity index (χ2n) is 7.66. The highest BCUT2D eigenvalue weighted by molar-refractivity contribution is 5.85. The summed E-state index contributed by atoms with van der Waals surface area (Å²) < 4.78 is 5.44. The average Bonchev–Trinajstić information content (AvgIpc) is 2.67. The molecule has 0 unspecified atom stereocenters. The van der Waals surface area contributed by atoms with Gasteiger partial charge in [-0.3, -0.25) is 9.69 Å². The largest absolute Gasteiger partial charge is 0.369 e. The summed E-state index contributed by atoms with van der Waals surface area (Å²) in [4.78, 5) is 17.6. The van der Waals surface area contributed by atoms with Crippen molar-refractivity contribution in [3.8, 4) is 0 Å². The molecule has 4 atom stereocenters. The second-order valence-corrected chi connectivity index (χ2v) is 7.66. The Morgan fingerprint density at radius 1 is 1.30 bits per heavy atom. The molecule has 3 rings (SSSR count). The third-order valence-electron chi connectivity index (χ3n) is 6.29. The van der Waals surface area contributed by atoms with Gasteiger partial charge >= 0.3 is 0 Å². The number of rotatable bonds is 2. The molecule has 4 heteroatoms. The molecule has 1 saturated carbocycles. The molecule has 0 aromatic carbocycles. The second kappa shape index (κ2) is 4.44. The number of likely N-dealkylation sites (N-methyl/N-ethyl adjacent to an activating group) is 1. The van der Waals surface area contributed by atoms with Crippen LogP contribution in [0.15, 0.2) is 0 Å². The van der Waals surface area contributed by atoms with Crippen molar-refractivity contribution in [2.45, 2.75) is 70.2 Å². The summed E-state index contributed by atoms with van der Waals surface area (Å²) in [6, 6.07) is 1.56. The monoisotopic (exact) mass is 280 g/mol. The fraction of sp³-hybridized carbons (Fsp3) is 0.938. The van der Waals surface area contributed by atoms with Crippen LogP contribution in [0.5, 0.6) is 0 Å². The summed E-state index contributed by atoms with van der Waals surface area (Å²) in [5, 5.41) is 0. The molecule has 0 spiro atoms. The van der Waals surface area contributed by atoms with Gasteiger partial charge in [-0.1, -0.05) is 6.92 Å². The highest BCUT2D eigenvalue weighted by Gasteiger charge is 2.60. The Bertz CT molecular complexity index is 423. The Labute approximate surface area is 122 Å². The van der Waals surface area contributed by atoms with E-state index >= 15 is 0 Å². The lowest BCUT2D eigenvalue weighted by Gasteiger charge is -2.51. The van der Waals surface area contributed by atoms with E-state index in [4.69, 9.17) is 4.74 Å². The number of fused-ring (bicyclic) bond motifs is 1. The van der Waals surface area contributed by atoms with Gasteiger partial charge in [-0.2, -0.15) is 0 Å². The molecule has 2 aliphatic heterocycles. The number of ether oxygens (including phenoxy) is 1. The Morgan fingerprint density at radius 3 is 2.60 bits per heavy atom. The first-order valence-electron chi connectivity index (χ1n) is 7.89. The van der Waals surface area contributed by atoms with Crippen LogP contribution in [0.25, 0.3) is 0 Å². The van der Waals surface area contributed by atoms with E-state index in [1.165, 1.54) is 19.3 Å². The summed E-state index contributed by atoms with van der Waals surface area (Å²) >= 11 is 0. The number of nitrogens with zero attached hydrogens (tertiary/aromatic N) is 2. The highest BCUT2D eigenvalue weighted by Crippen LogP contribution is 2.53. The van der Waals surface area contributed by atoms with Gasteiger partial charge in [0.15, 0.2) is 0 Å². The van der Waals surface area contributed by atoms with Crippen LogP contribution >= 0.6 is 0 Å². The molecule has 3 aliphatic rings. The lowest BCUT2D eigenvalue weighted by atomic mass is 9.65. The Morgan fingerprint density at radius 2 is 1.95 bits per heavy atom. The van der Waals surface area contributed by atoms with Gasteiger partial charge in [0.05, 0.1) is 0 Å². The standard InChI is InChI=1S/C16H28N2O2/c1-15(2,20-5)14(19)18-10-11-9-16(3)12(17(11)4)7-6-8-13(16)18/h11-13H,6-10H2,1-5H3/t11-,12-,13+,16-/m0/s1. The molecule has 0 aromatic heterocycles. The first kappa shape index (κ1) is 14.3. The Balaban J connectivity index is 1.94.